The molecule has 1 aromatic rings. The van der Waals surface area contributed by atoms with Crippen molar-refractivity contribution in [2.24, 2.45) is 0 Å². The number of nitrogens with one attached hydrogen (secondary N) is 1. The summed E-state index contributed by atoms with van der Waals surface area (Å²) >= 11 is 0. The van der Waals surface area contributed by atoms with Crippen LogP contribution in [0.4, 0.5) is 4.79 Å². The second-order valence-electron chi connectivity index (χ2n) is 5.79. The summed E-state index contributed by atoms with van der Waals surface area (Å²) in [5.74, 6) is 0. The Morgan fingerprint density at radius 2 is 2.00 bits per heavy atom. The highest BCUT2D eigenvalue weighted by Crippen LogP contribution is 2.31. The predicted octanol–water partition coefficient (Wildman–Crippen LogP) is 1.26. The van der Waals surface area contributed by atoms with Crippen LogP contribution in [0.1, 0.15) is 24.5 Å². The average Bonchev–Trinajstić information content (AvgIpc) is 2.53. The molecule has 0 aromatic heterocycles. The molecule has 22 heavy (non-hydrogen) atoms. The molecule has 2 rings (SSSR count). The molecule has 1 unspecified atom stereocenters. The van der Waals surface area contributed by atoms with Crippen LogP contribution in [0.2, 0.25) is 0 Å². The predicted molar refractivity (Wildman–Crippen MR) is 84.6 cm³/mol. The van der Waals surface area contributed by atoms with E-state index in [0.29, 0.717) is 6.42 Å². The lowest BCUT2D eigenvalue weighted by atomic mass is 9.92. The van der Waals surface area contributed by atoms with Gasteiger partial charge in [0.15, 0.2) is 0 Å². The smallest absolute Gasteiger partial charge is 0.406 e. The Kier molecular flexibility index (Phi) is 5.39. The van der Waals surface area contributed by atoms with E-state index in [1.807, 2.05) is 31.2 Å². The SMILES string of the molecule is CCC(NC(=O)O)(c1cccc(CO)c1)N1CCN(C)CC1. The molecule has 6 heteroatoms. The van der Waals surface area contributed by atoms with Crippen LogP contribution in [0, 0.1) is 0 Å². The number of benzene rings is 1. The number of hydrogen-bond acceptors (Lipinski definition) is 4. The molecule has 6 nitrogen and oxygen atoms in total. The van der Waals surface area contributed by atoms with E-state index < -0.39 is 11.8 Å². The van der Waals surface area contributed by atoms with E-state index in [-0.39, 0.29) is 6.61 Å². The van der Waals surface area contributed by atoms with Gasteiger partial charge in [-0.3, -0.25) is 10.2 Å². The van der Waals surface area contributed by atoms with E-state index in [1.165, 1.54) is 0 Å². The van der Waals surface area contributed by atoms with E-state index in [2.05, 4.69) is 22.2 Å². The highest BCUT2D eigenvalue weighted by Gasteiger charge is 2.39. The van der Waals surface area contributed by atoms with Crippen molar-refractivity contribution in [3.8, 4) is 0 Å². The van der Waals surface area contributed by atoms with E-state index >= 15 is 0 Å². The van der Waals surface area contributed by atoms with Crippen molar-refractivity contribution >= 4 is 6.09 Å². The number of likely N-dealkylation sites (N-methyl/N-ethyl adjacent to an activating group) is 1. The van der Waals surface area contributed by atoms with Gasteiger partial charge >= 0.3 is 6.09 Å². The molecule has 3 N–H and O–H groups in total. The van der Waals surface area contributed by atoms with Crippen molar-refractivity contribution in [1.29, 1.82) is 0 Å². The Balaban J connectivity index is 2.41. The maximum atomic E-state index is 11.4. The summed E-state index contributed by atoms with van der Waals surface area (Å²) in [5.41, 5.74) is 0.920. The summed E-state index contributed by atoms with van der Waals surface area (Å²) in [7, 11) is 2.07. The third-order valence-corrected chi connectivity index (χ3v) is 4.46. The first-order valence-electron chi connectivity index (χ1n) is 7.67. The van der Waals surface area contributed by atoms with Crippen LogP contribution in [-0.2, 0) is 12.3 Å². The van der Waals surface area contributed by atoms with Crippen LogP contribution in [0.3, 0.4) is 0 Å². The van der Waals surface area contributed by atoms with Gasteiger partial charge in [-0.15, -0.1) is 0 Å². The maximum Gasteiger partial charge on any atom is 0.406 e. The second-order valence-corrected chi connectivity index (χ2v) is 5.79. The largest absolute Gasteiger partial charge is 0.465 e. The molecule has 0 aliphatic carbocycles. The number of aliphatic hydroxyl groups excluding tert-OH is 1. The minimum atomic E-state index is -1.03. The van der Waals surface area contributed by atoms with Crippen molar-refractivity contribution in [2.45, 2.75) is 25.6 Å². The van der Waals surface area contributed by atoms with Crippen molar-refractivity contribution in [3.63, 3.8) is 0 Å². The van der Waals surface area contributed by atoms with Crippen molar-refractivity contribution in [3.05, 3.63) is 35.4 Å². The van der Waals surface area contributed by atoms with Crippen molar-refractivity contribution in [1.82, 2.24) is 15.1 Å². The number of carbonyl (C=O) groups is 1. The first-order valence-corrected chi connectivity index (χ1v) is 7.67. The lowest BCUT2D eigenvalue weighted by Gasteiger charge is -2.47. The molecule has 1 atom stereocenters. The van der Waals surface area contributed by atoms with Crippen LogP contribution in [-0.4, -0.2) is 59.3 Å². The third-order valence-electron chi connectivity index (χ3n) is 4.46. The molecule has 1 heterocycles. The van der Waals surface area contributed by atoms with Gasteiger partial charge in [-0.25, -0.2) is 4.79 Å². The van der Waals surface area contributed by atoms with Crippen molar-refractivity contribution in [2.75, 3.05) is 33.2 Å². The number of nitrogens with zero attached hydrogens (tertiary/aromatic N) is 2. The van der Waals surface area contributed by atoms with Crippen molar-refractivity contribution < 1.29 is 15.0 Å². The van der Waals surface area contributed by atoms with Gasteiger partial charge in [-0.05, 0) is 30.7 Å². The van der Waals surface area contributed by atoms with Gasteiger partial charge in [0, 0.05) is 26.2 Å². The van der Waals surface area contributed by atoms with E-state index in [0.717, 1.165) is 37.3 Å². The molecule has 1 amide bonds. The normalized spacial score (nSPS) is 19.6. The topological polar surface area (TPSA) is 76.0 Å². The summed E-state index contributed by atoms with van der Waals surface area (Å²) < 4.78 is 0. The van der Waals surface area contributed by atoms with Crippen LogP contribution >= 0.6 is 0 Å². The molecule has 0 spiro atoms. The molecule has 0 bridgehead atoms. The molecular weight excluding hydrogens is 282 g/mol. The molecule has 1 fully saturated rings. The average molecular weight is 307 g/mol. The Morgan fingerprint density at radius 1 is 1.32 bits per heavy atom. The fourth-order valence-corrected chi connectivity index (χ4v) is 3.14. The molecule has 0 radical (unpaired) electrons. The van der Waals surface area contributed by atoms with Gasteiger partial charge in [0.25, 0.3) is 0 Å². The van der Waals surface area contributed by atoms with E-state index in [1.54, 1.807) is 0 Å². The van der Waals surface area contributed by atoms with Crippen LogP contribution in [0.5, 0.6) is 0 Å². The Labute approximate surface area is 131 Å². The lowest BCUT2D eigenvalue weighted by molar-refractivity contribution is 0.0110. The minimum absolute atomic E-state index is 0.0521. The maximum absolute atomic E-state index is 11.4. The standard InChI is InChI=1S/C16H25N3O3/c1-3-16(17-15(21)22,19-9-7-18(2)8-10-19)14-6-4-5-13(11-14)12-20/h4-6,11,17,20H,3,7-10,12H2,1-2H3,(H,21,22). The van der Waals surface area contributed by atoms with Gasteiger partial charge in [-0.2, -0.15) is 0 Å². The molecule has 0 saturated carbocycles. The molecule has 1 aliphatic rings. The lowest BCUT2D eigenvalue weighted by Crippen LogP contribution is -2.62. The molecular formula is C16H25N3O3. The summed E-state index contributed by atoms with van der Waals surface area (Å²) in [6.07, 6.45) is -0.409. The summed E-state index contributed by atoms with van der Waals surface area (Å²) in [4.78, 5) is 15.8. The summed E-state index contributed by atoms with van der Waals surface area (Å²) in [5, 5.41) is 21.5. The molecule has 122 valence electrons. The van der Waals surface area contributed by atoms with Gasteiger partial charge in [0.1, 0.15) is 5.66 Å². The van der Waals surface area contributed by atoms with Crippen LogP contribution < -0.4 is 5.32 Å². The number of amides is 1. The quantitative estimate of drug-likeness (QED) is 0.763. The Hall–Kier alpha value is -1.63. The monoisotopic (exact) mass is 307 g/mol. The zero-order valence-corrected chi connectivity index (χ0v) is 13.2. The zero-order chi connectivity index (χ0) is 16.2. The number of rotatable bonds is 5. The van der Waals surface area contributed by atoms with Gasteiger partial charge in [-0.1, -0.05) is 25.1 Å². The Bertz CT molecular complexity index is 515. The van der Waals surface area contributed by atoms with E-state index in [4.69, 9.17) is 0 Å². The van der Waals surface area contributed by atoms with Crippen LogP contribution in [0.25, 0.3) is 0 Å². The van der Waals surface area contributed by atoms with E-state index in [9.17, 15) is 15.0 Å². The first kappa shape index (κ1) is 16.7. The third kappa shape index (κ3) is 3.40. The summed E-state index contributed by atoms with van der Waals surface area (Å²) in [6, 6.07) is 7.52. The first-order chi connectivity index (χ1) is 10.5. The van der Waals surface area contributed by atoms with Crippen LogP contribution in [0.15, 0.2) is 24.3 Å². The summed E-state index contributed by atoms with van der Waals surface area (Å²) in [6.45, 7) is 5.34. The zero-order valence-electron chi connectivity index (χ0n) is 13.2. The number of hydrogen-bond donors (Lipinski definition) is 3. The highest BCUT2D eigenvalue weighted by molar-refractivity contribution is 5.66. The molecule has 1 saturated heterocycles. The Morgan fingerprint density at radius 3 is 2.55 bits per heavy atom. The molecule has 1 aliphatic heterocycles. The number of piperazine rings is 1. The fraction of sp³-hybridized carbons (Fsp3) is 0.562. The van der Waals surface area contributed by atoms with Gasteiger partial charge < -0.3 is 15.1 Å². The number of aliphatic hydroxyl groups is 1. The minimum Gasteiger partial charge on any atom is -0.465 e. The molecule has 1 aromatic carbocycles. The van der Waals surface area contributed by atoms with Gasteiger partial charge in [0.05, 0.1) is 6.61 Å². The fourth-order valence-electron chi connectivity index (χ4n) is 3.14. The highest BCUT2D eigenvalue weighted by atomic mass is 16.4. The number of carboxylic acid groups (broad SMARTS) is 1. The second kappa shape index (κ2) is 7.09. The van der Waals surface area contributed by atoms with Gasteiger partial charge in [0.2, 0.25) is 0 Å².